The van der Waals surface area contributed by atoms with E-state index in [0.29, 0.717) is 0 Å². The molecule has 0 radical (unpaired) electrons. The highest BCUT2D eigenvalue weighted by Gasteiger charge is 2.43. The predicted molar refractivity (Wildman–Crippen MR) is 384 cm³/mol. The van der Waals surface area contributed by atoms with Gasteiger partial charge in [-0.15, -0.1) is 0 Å². The Kier molecular flexibility index (Phi) is 12.2. The van der Waals surface area contributed by atoms with Crippen LogP contribution in [0.15, 0.2) is 291 Å². The summed E-state index contributed by atoms with van der Waals surface area (Å²) in [6.07, 6.45) is 0. The lowest BCUT2D eigenvalue weighted by Gasteiger charge is -2.37. The van der Waals surface area contributed by atoms with Crippen LogP contribution in [0.25, 0.3) is 122 Å². The third-order valence-electron chi connectivity index (χ3n) is 19.4. The van der Waals surface area contributed by atoms with E-state index in [9.17, 15) is 0 Å². The molecule has 2 aliphatic rings. The molecule has 428 valence electrons. The van der Waals surface area contributed by atoms with E-state index in [1.54, 1.807) is 0 Å². The summed E-state index contributed by atoms with van der Waals surface area (Å²) >= 11 is 0. The first-order valence-corrected chi connectivity index (χ1v) is 31.8. The molecule has 0 N–H and O–H groups in total. The zero-order valence-corrected chi connectivity index (χ0v) is 51.6. The summed E-state index contributed by atoms with van der Waals surface area (Å²) in [6, 6.07) is 110. The van der Waals surface area contributed by atoms with Crippen molar-refractivity contribution in [1.29, 1.82) is 0 Å². The Morgan fingerprint density at radius 3 is 1.02 bits per heavy atom. The molecule has 3 nitrogen and oxygen atoms in total. The number of aromatic nitrogens is 2. The molecule has 0 unspecified atom stereocenters. The van der Waals surface area contributed by atoms with Crippen molar-refractivity contribution in [3.05, 3.63) is 302 Å². The van der Waals surface area contributed by atoms with Crippen molar-refractivity contribution in [3.8, 4) is 78.1 Å². The summed E-state index contributed by atoms with van der Waals surface area (Å²) in [5, 5.41) is 4.97. The van der Waals surface area contributed by atoms with Crippen LogP contribution in [0.2, 0.25) is 0 Å². The van der Waals surface area contributed by atoms with Gasteiger partial charge in [0.2, 0.25) is 0 Å². The lowest BCUT2D eigenvalue weighted by Crippen LogP contribution is -2.59. The van der Waals surface area contributed by atoms with Crippen molar-refractivity contribution in [1.82, 2.24) is 9.13 Å². The van der Waals surface area contributed by atoms with Gasteiger partial charge in [0.15, 0.2) is 0 Å². The Morgan fingerprint density at radius 2 is 0.622 bits per heavy atom. The molecule has 0 spiro atoms. The van der Waals surface area contributed by atoms with E-state index < -0.39 is 0 Å². The van der Waals surface area contributed by atoms with Gasteiger partial charge in [-0.2, -0.15) is 0 Å². The van der Waals surface area contributed by atoms with E-state index in [1.165, 1.54) is 149 Å². The second-order valence-electron chi connectivity index (χ2n) is 26.9. The average molecular weight is 1150 g/mol. The van der Waals surface area contributed by atoms with Crippen LogP contribution in [0, 0.1) is 0 Å². The monoisotopic (exact) mass is 1150 g/mol. The summed E-state index contributed by atoms with van der Waals surface area (Å²) in [4.78, 5) is 2.54. The second kappa shape index (κ2) is 20.5. The fourth-order valence-electron chi connectivity index (χ4n) is 14.8. The maximum Gasteiger partial charge on any atom is 0.252 e. The zero-order chi connectivity index (χ0) is 60.6. The highest BCUT2D eigenvalue weighted by Crippen LogP contribution is 2.48. The molecule has 90 heavy (non-hydrogen) atoms. The van der Waals surface area contributed by atoms with E-state index >= 15 is 0 Å². The molecule has 2 aliphatic heterocycles. The fraction of sp³-hybridized carbons (Fsp3) is 0.0930. The smallest absolute Gasteiger partial charge is 0.252 e. The van der Waals surface area contributed by atoms with Crippen molar-refractivity contribution in [3.63, 3.8) is 0 Å². The average Bonchev–Trinajstić information content (AvgIpc) is 1.42. The van der Waals surface area contributed by atoms with Gasteiger partial charge in [0, 0.05) is 49.6 Å². The van der Waals surface area contributed by atoms with Crippen LogP contribution in [-0.4, -0.2) is 15.8 Å². The van der Waals surface area contributed by atoms with E-state index in [2.05, 4.69) is 347 Å². The topological polar surface area (TPSA) is 13.1 Å². The number of benzene rings is 13. The predicted octanol–water partition coefficient (Wildman–Crippen LogP) is 21.1. The van der Waals surface area contributed by atoms with Crippen LogP contribution in [0.1, 0.15) is 52.7 Å². The summed E-state index contributed by atoms with van der Waals surface area (Å²) in [5.41, 5.74) is 31.6. The summed E-state index contributed by atoms with van der Waals surface area (Å²) in [6.45, 7) is 13.5. The minimum Gasteiger partial charge on any atom is -0.310 e. The maximum absolute atomic E-state index is 2.67. The molecule has 0 saturated carbocycles. The van der Waals surface area contributed by atoms with Gasteiger partial charge >= 0.3 is 0 Å². The molecule has 17 rings (SSSR count). The molecular formula is C86H66BN3. The van der Waals surface area contributed by atoms with Crippen molar-refractivity contribution in [2.24, 2.45) is 0 Å². The standard InChI is InChI=1S/C86H66BN3/c1-85(2,3)67-37-27-59(28-38-67)61-31-41-69(42-32-61)88(70-43-33-62(34-44-70)60-29-39-68(40-30-60)86(4,5)6)80-48-47-79-81-84(80)90-78-46-36-64(56-21-13-8-14-22-56)50-72(78)74-52-66(58-25-17-10-18-26-58)54-76(83(74)90)87(81)75-53-65(57-23-15-9-16-24-57)51-73-71-49-63(55-19-11-7-12-20-55)35-45-77(71)89(79)82(73)75/h7-54H,1-6H3. The molecule has 2 aromatic heterocycles. The van der Waals surface area contributed by atoms with Gasteiger partial charge < -0.3 is 14.0 Å². The van der Waals surface area contributed by atoms with Crippen LogP contribution in [-0.2, 0) is 10.8 Å². The van der Waals surface area contributed by atoms with Gasteiger partial charge in [-0.25, -0.2) is 0 Å². The van der Waals surface area contributed by atoms with Gasteiger partial charge in [0.1, 0.15) is 0 Å². The summed E-state index contributed by atoms with van der Waals surface area (Å²) < 4.78 is 5.29. The first-order chi connectivity index (χ1) is 43.9. The molecule has 13 aromatic carbocycles. The van der Waals surface area contributed by atoms with Crippen LogP contribution < -0.4 is 21.3 Å². The van der Waals surface area contributed by atoms with E-state index in [0.717, 1.165) is 17.1 Å². The Hall–Kier alpha value is -10.7. The van der Waals surface area contributed by atoms with Gasteiger partial charge in [-0.3, -0.25) is 0 Å². The molecule has 0 aliphatic carbocycles. The van der Waals surface area contributed by atoms with E-state index in [4.69, 9.17) is 0 Å². The van der Waals surface area contributed by atoms with Gasteiger partial charge in [0.25, 0.3) is 6.71 Å². The number of hydrogen-bond acceptors (Lipinski definition) is 1. The van der Waals surface area contributed by atoms with Crippen molar-refractivity contribution in [2.45, 2.75) is 52.4 Å². The molecule has 0 amide bonds. The first-order valence-electron chi connectivity index (χ1n) is 31.8. The third-order valence-corrected chi connectivity index (χ3v) is 19.4. The minimum absolute atomic E-state index is 0.0621. The Morgan fingerprint density at radius 1 is 0.289 bits per heavy atom. The molecule has 0 fully saturated rings. The Labute approximate surface area is 527 Å². The van der Waals surface area contributed by atoms with E-state index in [-0.39, 0.29) is 17.5 Å². The van der Waals surface area contributed by atoms with Gasteiger partial charge in [0.05, 0.1) is 22.4 Å². The molecule has 0 bridgehead atoms. The molecular weight excluding hydrogens is 1090 g/mol. The minimum atomic E-state index is -0.165. The number of rotatable bonds is 9. The lowest BCUT2D eigenvalue weighted by atomic mass is 9.34. The van der Waals surface area contributed by atoms with Crippen LogP contribution in [0.3, 0.4) is 0 Å². The third kappa shape index (κ3) is 8.64. The molecule has 0 atom stereocenters. The quantitative estimate of drug-likeness (QED) is 0.131. The SMILES string of the molecule is CC(C)(C)c1ccc(-c2ccc(N(c3ccc(-c4ccc(C(C)(C)C)cc4)cc3)c3ccc4c5c3-n3c6ccc(-c7ccccc7)cc6c6cc(-c7ccccc7)cc(c63)B5c3cc(-c5ccccc5)cc5c6cc(-c7ccccc7)ccc6n-4c35)cc2)cc1. The highest BCUT2D eigenvalue weighted by molar-refractivity contribution is 7.00. The van der Waals surface area contributed by atoms with Gasteiger partial charge in [-0.1, -0.05) is 260 Å². The summed E-state index contributed by atoms with van der Waals surface area (Å²) in [7, 11) is 0. The lowest BCUT2D eigenvalue weighted by molar-refractivity contribution is 0.590. The molecule has 4 heterocycles. The number of fused-ring (bicyclic) bond motifs is 10. The maximum atomic E-state index is 2.67. The fourth-order valence-corrected chi connectivity index (χ4v) is 14.8. The molecule has 4 heteroatoms. The zero-order valence-electron chi connectivity index (χ0n) is 51.6. The van der Waals surface area contributed by atoms with Crippen molar-refractivity contribution in [2.75, 3.05) is 4.90 Å². The number of anilines is 3. The van der Waals surface area contributed by atoms with Crippen molar-refractivity contribution < 1.29 is 0 Å². The second-order valence-corrected chi connectivity index (χ2v) is 26.9. The normalized spacial score (nSPS) is 12.5. The Balaban J connectivity index is 0.984. The highest BCUT2D eigenvalue weighted by atomic mass is 15.2. The number of hydrogen-bond donors (Lipinski definition) is 0. The van der Waals surface area contributed by atoms with Crippen molar-refractivity contribution >= 4 is 83.8 Å². The number of nitrogens with zero attached hydrogens (tertiary/aromatic N) is 3. The van der Waals surface area contributed by atoms with Crippen LogP contribution in [0.5, 0.6) is 0 Å². The van der Waals surface area contributed by atoms with E-state index in [1.807, 2.05) is 0 Å². The van der Waals surface area contributed by atoms with Gasteiger partial charge in [-0.05, 0) is 178 Å². The van der Waals surface area contributed by atoms with Crippen LogP contribution in [0.4, 0.5) is 17.1 Å². The van der Waals surface area contributed by atoms with Crippen LogP contribution >= 0.6 is 0 Å². The molecule has 0 saturated heterocycles. The Bertz CT molecular complexity index is 5200. The first kappa shape index (κ1) is 53.6. The molecule has 15 aromatic rings. The summed E-state index contributed by atoms with van der Waals surface area (Å²) in [5.74, 6) is 0. The largest absolute Gasteiger partial charge is 0.310 e.